The van der Waals surface area contributed by atoms with Crippen molar-refractivity contribution in [1.82, 2.24) is 9.78 Å². The van der Waals surface area contributed by atoms with Gasteiger partial charge >= 0.3 is 0 Å². The molecule has 0 atom stereocenters. The van der Waals surface area contributed by atoms with Gasteiger partial charge in [0.25, 0.3) is 0 Å². The third-order valence-corrected chi connectivity index (χ3v) is 3.26. The number of benzene rings is 1. The lowest BCUT2D eigenvalue weighted by molar-refractivity contribution is 0.244. The van der Waals surface area contributed by atoms with Gasteiger partial charge in [0, 0.05) is 12.1 Å². The van der Waals surface area contributed by atoms with Crippen molar-refractivity contribution in [2.75, 3.05) is 5.73 Å². The molecule has 1 fully saturated rings. The molecule has 4 nitrogen and oxygen atoms in total. The molecule has 1 saturated carbocycles. The molecule has 0 unspecified atom stereocenters. The van der Waals surface area contributed by atoms with Crippen LogP contribution in [0.3, 0.4) is 0 Å². The predicted molar refractivity (Wildman–Crippen MR) is 75.7 cm³/mol. The van der Waals surface area contributed by atoms with E-state index in [-0.39, 0.29) is 6.10 Å². The van der Waals surface area contributed by atoms with E-state index in [4.69, 9.17) is 10.5 Å². The van der Waals surface area contributed by atoms with E-state index in [9.17, 15) is 0 Å². The number of nitrogens with zero attached hydrogens (tertiary/aromatic N) is 2. The molecule has 0 radical (unpaired) electrons. The summed E-state index contributed by atoms with van der Waals surface area (Å²) in [5.41, 5.74) is 8.86. The number of rotatable bonds is 4. The fourth-order valence-corrected chi connectivity index (χ4v) is 2.16. The third-order valence-electron chi connectivity index (χ3n) is 3.26. The molecule has 19 heavy (non-hydrogen) atoms. The van der Waals surface area contributed by atoms with Crippen LogP contribution in [0, 0.1) is 0 Å². The van der Waals surface area contributed by atoms with E-state index < -0.39 is 0 Å². The van der Waals surface area contributed by atoms with Crippen LogP contribution in [0.25, 0.3) is 5.69 Å². The molecule has 1 aromatic heterocycles. The van der Waals surface area contributed by atoms with Gasteiger partial charge in [0.2, 0.25) is 0 Å². The van der Waals surface area contributed by atoms with Gasteiger partial charge in [-0.1, -0.05) is 6.07 Å². The molecule has 0 aliphatic heterocycles. The fourth-order valence-electron chi connectivity index (χ4n) is 2.16. The first-order valence-electron chi connectivity index (χ1n) is 6.76. The minimum Gasteiger partial charge on any atom is -0.489 e. The Morgan fingerprint density at radius 1 is 1.32 bits per heavy atom. The molecule has 0 spiro atoms. The summed E-state index contributed by atoms with van der Waals surface area (Å²) in [5.74, 6) is 1.37. The van der Waals surface area contributed by atoms with Crippen molar-refractivity contribution in [3.05, 3.63) is 36.2 Å². The summed E-state index contributed by atoms with van der Waals surface area (Å²) < 4.78 is 7.55. The Bertz CT molecular complexity index is 585. The van der Waals surface area contributed by atoms with Gasteiger partial charge in [0.05, 0.1) is 17.5 Å². The van der Waals surface area contributed by atoms with E-state index in [1.807, 2.05) is 42.9 Å². The van der Waals surface area contributed by atoms with Crippen molar-refractivity contribution in [1.29, 1.82) is 0 Å². The number of para-hydroxylation sites is 1. The molecule has 3 rings (SSSR count). The summed E-state index contributed by atoms with van der Waals surface area (Å²) in [6.07, 6.45) is 4.59. The highest BCUT2D eigenvalue weighted by molar-refractivity contribution is 5.66. The van der Waals surface area contributed by atoms with Gasteiger partial charge < -0.3 is 10.5 Å². The normalized spacial score (nSPS) is 14.9. The molecule has 2 N–H and O–H groups in total. The summed E-state index contributed by atoms with van der Waals surface area (Å²) in [7, 11) is 0. The maximum Gasteiger partial charge on any atom is 0.144 e. The van der Waals surface area contributed by atoms with Gasteiger partial charge in [-0.25, -0.2) is 4.68 Å². The second-order valence-electron chi connectivity index (χ2n) is 5.32. The van der Waals surface area contributed by atoms with Gasteiger partial charge in [-0.05, 0) is 44.9 Å². The van der Waals surface area contributed by atoms with Crippen LogP contribution in [-0.4, -0.2) is 15.9 Å². The number of aromatic nitrogens is 2. The average Bonchev–Trinajstić information content (AvgIpc) is 3.10. The molecule has 0 bridgehead atoms. The van der Waals surface area contributed by atoms with Gasteiger partial charge in [-0.3, -0.25) is 0 Å². The Hall–Kier alpha value is -1.97. The van der Waals surface area contributed by atoms with Gasteiger partial charge in [-0.15, -0.1) is 0 Å². The number of nitrogen functional groups attached to an aromatic ring is 1. The van der Waals surface area contributed by atoms with E-state index in [0.717, 1.165) is 17.1 Å². The molecular formula is C15H19N3O. The van der Waals surface area contributed by atoms with Crippen LogP contribution in [0.1, 0.15) is 38.3 Å². The minimum absolute atomic E-state index is 0.109. The van der Waals surface area contributed by atoms with Crippen LogP contribution in [0.15, 0.2) is 30.5 Å². The van der Waals surface area contributed by atoms with Crippen LogP contribution >= 0.6 is 0 Å². The minimum atomic E-state index is 0.109. The summed E-state index contributed by atoms with van der Waals surface area (Å²) in [4.78, 5) is 0. The van der Waals surface area contributed by atoms with Gasteiger partial charge in [0.15, 0.2) is 0 Å². The summed E-state index contributed by atoms with van der Waals surface area (Å²) in [6.45, 7) is 3.98. The van der Waals surface area contributed by atoms with Crippen molar-refractivity contribution in [3.63, 3.8) is 0 Å². The highest BCUT2D eigenvalue weighted by Gasteiger charge is 2.26. The highest BCUT2D eigenvalue weighted by atomic mass is 16.5. The summed E-state index contributed by atoms with van der Waals surface area (Å²) in [5, 5.41) is 4.60. The van der Waals surface area contributed by atoms with Crippen LogP contribution < -0.4 is 10.5 Å². The maximum absolute atomic E-state index is 6.18. The monoisotopic (exact) mass is 257 g/mol. The Kier molecular flexibility index (Phi) is 2.93. The first-order valence-corrected chi connectivity index (χ1v) is 6.76. The second kappa shape index (κ2) is 4.61. The lowest BCUT2D eigenvalue weighted by Crippen LogP contribution is -2.09. The maximum atomic E-state index is 6.18. The molecule has 1 aromatic carbocycles. The SMILES string of the molecule is CC(C)Oc1cccc(-n2ccc(C3CC3)n2)c1N. The molecule has 1 aliphatic rings. The number of anilines is 1. The lowest BCUT2D eigenvalue weighted by atomic mass is 10.2. The van der Waals surface area contributed by atoms with Crippen LogP contribution in [0.5, 0.6) is 5.75 Å². The Labute approximate surface area is 113 Å². The van der Waals surface area contributed by atoms with E-state index >= 15 is 0 Å². The van der Waals surface area contributed by atoms with Crippen molar-refractivity contribution in [3.8, 4) is 11.4 Å². The summed E-state index contributed by atoms with van der Waals surface area (Å²) >= 11 is 0. The Morgan fingerprint density at radius 3 is 2.79 bits per heavy atom. The molecule has 0 saturated heterocycles. The zero-order valence-corrected chi connectivity index (χ0v) is 11.3. The molecule has 0 amide bonds. The number of ether oxygens (including phenoxy) is 1. The highest BCUT2D eigenvalue weighted by Crippen LogP contribution is 2.39. The Balaban J connectivity index is 1.94. The van der Waals surface area contributed by atoms with Crippen molar-refractivity contribution in [2.45, 2.75) is 38.7 Å². The van der Waals surface area contributed by atoms with Crippen LogP contribution in [-0.2, 0) is 0 Å². The average molecular weight is 257 g/mol. The first-order chi connectivity index (χ1) is 9.15. The zero-order chi connectivity index (χ0) is 13.4. The number of hydrogen-bond donors (Lipinski definition) is 1. The molecular weight excluding hydrogens is 238 g/mol. The van der Waals surface area contributed by atoms with Crippen molar-refractivity contribution >= 4 is 5.69 Å². The molecule has 4 heteroatoms. The summed E-state index contributed by atoms with van der Waals surface area (Å²) in [6, 6.07) is 7.88. The quantitative estimate of drug-likeness (QED) is 0.856. The van der Waals surface area contributed by atoms with Crippen molar-refractivity contribution < 1.29 is 4.74 Å². The number of nitrogens with two attached hydrogens (primary N) is 1. The zero-order valence-electron chi connectivity index (χ0n) is 11.3. The largest absolute Gasteiger partial charge is 0.489 e. The van der Waals surface area contributed by atoms with Crippen LogP contribution in [0.4, 0.5) is 5.69 Å². The topological polar surface area (TPSA) is 53.1 Å². The predicted octanol–water partition coefficient (Wildman–Crippen LogP) is 3.12. The first kappa shape index (κ1) is 12.1. The van der Waals surface area contributed by atoms with Gasteiger partial charge in [-0.2, -0.15) is 5.10 Å². The van der Waals surface area contributed by atoms with E-state index in [2.05, 4.69) is 11.2 Å². The van der Waals surface area contributed by atoms with Crippen LogP contribution in [0.2, 0.25) is 0 Å². The molecule has 100 valence electrons. The van der Waals surface area contributed by atoms with Gasteiger partial charge in [0.1, 0.15) is 11.4 Å². The standard InChI is InChI=1S/C15H19N3O/c1-10(2)19-14-5-3-4-13(15(14)16)18-9-8-12(17-18)11-6-7-11/h3-5,8-11H,6-7,16H2,1-2H3. The van der Waals surface area contributed by atoms with E-state index in [1.165, 1.54) is 12.8 Å². The fraction of sp³-hybridized carbons (Fsp3) is 0.400. The second-order valence-corrected chi connectivity index (χ2v) is 5.32. The number of hydrogen-bond acceptors (Lipinski definition) is 3. The van der Waals surface area contributed by atoms with Crippen molar-refractivity contribution in [2.24, 2.45) is 0 Å². The Morgan fingerprint density at radius 2 is 2.11 bits per heavy atom. The molecule has 1 heterocycles. The molecule has 1 aliphatic carbocycles. The van der Waals surface area contributed by atoms with E-state index in [1.54, 1.807) is 0 Å². The molecule has 2 aromatic rings. The smallest absolute Gasteiger partial charge is 0.144 e. The lowest BCUT2D eigenvalue weighted by Gasteiger charge is -2.14. The third kappa shape index (κ3) is 2.43. The van der Waals surface area contributed by atoms with E-state index in [0.29, 0.717) is 11.6 Å².